The highest BCUT2D eigenvalue weighted by Crippen LogP contribution is 2.09. The monoisotopic (exact) mass is 260 g/mol. The number of aliphatic carboxylic acids is 1. The first-order valence-corrected chi connectivity index (χ1v) is 5.84. The molecule has 3 N–H and O–H groups in total. The summed E-state index contributed by atoms with van der Waals surface area (Å²) in [6, 6.07) is 6.53. The van der Waals surface area contributed by atoms with Crippen molar-refractivity contribution >= 4 is 17.7 Å². The largest absolute Gasteiger partial charge is 0.481 e. The molecule has 0 saturated heterocycles. The van der Waals surface area contributed by atoms with Gasteiger partial charge in [-0.05, 0) is 24.1 Å². The Labute approximate surface area is 112 Å². The molecule has 1 atom stereocenters. The third-order valence-corrected chi connectivity index (χ3v) is 2.42. The van der Waals surface area contributed by atoms with Gasteiger partial charge in [-0.1, -0.05) is 18.9 Å². The van der Waals surface area contributed by atoms with Crippen LogP contribution in [0, 0.1) is 18.3 Å². The van der Waals surface area contributed by atoms with Crippen molar-refractivity contribution in [1.29, 1.82) is 0 Å². The lowest BCUT2D eigenvalue weighted by Gasteiger charge is -2.11. The van der Waals surface area contributed by atoms with Gasteiger partial charge in [0.15, 0.2) is 0 Å². The average Bonchev–Trinajstić information content (AvgIpc) is 2.36. The molecule has 0 aromatic heterocycles. The summed E-state index contributed by atoms with van der Waals surface area (Å²) in [4.78, 5) is 22.0. The summed E-state index contributed by atoms with van der Waals surface area (Å²) in [5, 5.41) is 13.8. The highest BCUT2D eigenvalue weighted by Gasteiger charge is 2.09. The molecule has 0 aliphatic rings. The number of urea groups is 1. The fraction of sp³-hybridized carbons (Fsp3) is 0.286. The number of carboxylic acids is 1. The molecule has 19 heavy (non-hydrogen) atoms. The quantitative estimate of drug-likeness (QED) is 0.707. The molecule has 0 saturated carbocycles. The van der Waals surface area contributed by atoms with Crippen LogP contribution < -0.4 is 10.6 Å². The van der Waals surface area contributed by atoms with Crippen LogP contribution in [0.3, 0.4) is 0 Å². The van der Waals surface area contributed by atoms with Crippen molar-refractivity contribution in [2.24, 2.45) is 5.92 Å². The fourth-order valence-electron chi connectivity index (χ4n) is 1.50. The molecule has 1 rings (SSSR count). The molecule has 1 aromatic carbocycles. The van der Waals surface area contributed by atoms with Crippen LogP contribution in [0.1, 0.15) is 18.9 Å². The molecule has 0 bridgehead atoms. The average molecular weight is 260 g/mol. The molecular formula is C14H16N2O3. The van der Waals surface area contributed by atoms with Crippen molar-refractivity contribution < 1.29 is 14.7 Å². The minimum absolute atomic E-state index is 0.0207. The molecule has 0 spiro atoms. The Hall–Kier alpha value is -2.48. The molecule has 5 heteroatoms. The summed E-state index contributed by atoms with van der Waals surface area (Å²) < 4.78 is 0. The van der Waals surface area contributed by atoms with E-state index in [9.17, 15) is 9.59 Å². The van der Waals surface area contributed by atoms with E-state index >= 15 is 0 Å². The van der Waals surface area contributed by atoms with Gasteiger partial charge in [-0.3, -0.25) is 4.79 Å². The van der Waals surface area contributed by atoms with Gasteiger partial charge in [0.1, 0.15) is 0 Å². The molecule has 2 amide bonds. The van der Waals surface area contributed by atoms with E-state index in [2.05, 4.69) is 16.6 Å². The van der Waals surface area contributed by atoms with E-state index in [0.717, 1.165) is 0 Å². The third-order valence-electron chi connectivity index (χ3n) is 2.42. The Morgan fingerprint density at radius 1 is 1.47 bits per heavy atom. The molecule has 0 fully saturated rings. The SMILES string of the molecule is C#Cc1cccc(NC(=O)NCC(C)CC(=O)O)c1. The van der Waals surface area contributed by atoms with Crippen LogP contribution in [0.15, 0.2) is 24.3 Å². The zero-order valence-electron chi connectivity index (χ0n) is 10.6. The lowest BCUT2D eigenvalue weighted by atomic mass is 10.1. The molecule has 0 aliphatic carbocycles. The lowest BCUT2D eigenvalue weighted by Crippen LogP contribution is -2.32. The number of benzene rings is 1. The van der Waals surface area contributed by atoms with Crippen molar-refractivity contribution in [3.63, 3.8) is 0 Å². The maximum absolute atomic E-state index is 11.6. The molecule has 100 valence electrons. The summed E-state index contributed by atoms with van der Waals surface area (Å²) >= 11 is 0. The third kappa shape index (κ3) is 5.59. The van der Waals surface area contributed by atoms with Crippen molar-refractivity contribution in [3.05, 3.63) is 29.8 Å². The van der Waals surface area contributed by atoms with Crippen molar-refractivity contribution in [3.8, 4) is 12.3 Å². The zero-order chi connectivity index (χ0) is 14.3. The van der Waals surface area contributed by atoms with Gasteiger partial charge in [0.2, 0.25) is 0 Å². The van der Waals surface area contributed by atoms with Crippen LogP contribution >= 0.6 is 0 Å². The lowest BCUT2D eigenvalue weighted by molar-refractivity contribution is -0.137. The Morgan fingerprint density at radius 3 is 2.84 bits per heavy atom. The highest BCUT2D eigenvalue weighted by molar-refractivity contribution is 5.89. The number of carboxylic acid groups (broad SMARTS) is 1. The van der Waals surface area contributed by atoms with E-state index < -0.39 is 5.97 Å². The van der Waals surface area contributed by atoms with Crippen LogP contribution in [0.5, 0.6) is 0 Å². The van der Waals surface area contributed by atoms with Gasteiger partial charge in [-0.25, -0.2) is 4.79 Å². The number of rotatable bonds is 5. The first-order chi connectivity index (χ1) is 9.01. The zero-order valence-corrected chi connectivity index (χ0v) is 10.6. The fourth-order valence-corrected chi connectivity index (χ4v) is 1.50. The summed E-state index contributed by atoms with van der Waals surface area (Å²) in [5.74, 6) is 1.47. The molecule has 0 radical (unpaired) electrons. The molecular weight excluding hydrogens is 244 g/mol. The summed E-state index contributed by atoms with van der Waals surface area (Å²) in [5.41, 5.74) is 1.27. The second-order valence-electron chi connectivity index (χ2n) is 4.26. The van der Waals surface area contributed by atoms with E-state index in [1.165, 1.54) is 0 Å². The number of nitrogens with one attached hydrogen (secondary N) is 2. The van der Waals surface area contributed by atoms with Crippen molar-refractivity contribution in [2.75, 3.05) is 11.9 Å². The van der Waals surface area contributed by atoms with E-state index in [0.29, 0.717) is 17.8 Å². The van der Waals surface area contributed by atoms with Crippen LogP contribution in [0.4, 0.5) is 10.5 Å². The molecule has 5 nitrogen and oxygen atoms in total. The van der Waals surface area contributed by atoms with Crippen LogP contribution in [0.25, 0.3) is 0 Å². The number of hydrogen-bond donors (Lipinski definition) is 3. The minimum Gasteiger partial charge on any atom is -0.481 e. The molecule has 1 unspecified atom stereocenters. The Bertz CT molecular complexity index is 506. The van der Waals surface area contributed by atoms with E-state index in [1.807, 2.05) is 0 Å². The van der Waals surface area contributed by atoms with Gasteiger partial charge in [0, 0.05) is 24.2 Å². The summed E-state index contributed by atoms with van der Waals surface area (Å²) in [6.07, 6.45) is 5.28. The molecule has 1 aromatic rings. The van der Waals surface area contributed by atoms with Gasteiger partial charge in [0.25, 0.3) is 0 Å². The van der Waals surface area contributed by atoms with Crippen LogP contribution in [-0.2, 0) is 4.79 Å². The molecule has 0 aliphatic heterocycles. The van der Waals surface area contributed by atoms with Gasteiger partial charge < -0.3 is 15.7 Å². The standard InChI is InChI=1S/C14H16N2O3/c1-3-11-5-4-6-12(8-11)16-14(19)15-9-10(2)7-13(17)18/h1,4-6,8,10H,7,9H2,2H3,(H,17,18)(H2,15,16,19). The topological polar surface area (TPSA) is 78.4 Å². The number of amides is 2. The van der Waals surface area contributed by atoms with E-state index in [4.69, 9.17) is 11.5 Å². The smallest absolute Gasteiger partial charge is 0.319 e. The van der Waals surface area contributed by atoms with Crippen molar-refractivity contribution in [2.45, 2.75) is 13.3 Å². The Kier molecular flexibility index (Phi) is 5.42. The van der Waals surface area contributed by atoms with Crippen LogP contribution in [-0.4, -0.2) is 23.7 Å². The number of anilines is 1. The van der Waals surface area contributed by atoms with Crippen LogP contribution in [0.2, 0.25) is 0 Å². The normalized spacial score (nSPS) is 11.2. The summed E-state index contributed by atoms with van der Waals surface area (Å²) in [6.45, 7) is 2.06. The Balaban J connectivity index is 2.43. The number of hydrogen-bond acceptors (Lipinski definition) is 2. The number of carbonyl (C=O) groups is 2. The van der Waals surface area contributed by atoms with E-state index in [1.54, 1.807) is 31.2 Å². The minimum atomic E-state index is -0.878. The molecule has 0 heterocycles. The van der Waals surface area contributed by atoms with Gasteiger partial charge >= 0.3 is 12.0 Å². The highest BCUT2D eigenvalue weighted by atomic mass is 16.4. The number of terminal acetylenes is 1. The number of carbonyl (C=O) groups excluding carboxylic acids is 1. The summed E-state index contributed by atoms with van der Waals surface area (Å²) in [7, 11) is 0. The van der Waals surface area contributed by atoms with Crippen molar-refractivity contribution in [1.82, 2.24) is 5.32 Å². The first kappa shape index (κ1) is 14.6. The van der Waals surface area contributed by atoms with E-state index in [-0.39, 0.29) is 18.4 Å². The Morgan fingerprint density at radius 2 is 2.21 bits per heavy atom. The predicted octanol–water partition coefficient (Wildman–Crippen LogP) is 1.90. The maximum atomic E-state index is 11.6. The second kappa shape index (κ2) is 7.07. The second-order valence-corrected chi connectivity index (χ2v) is 4.26. The van der Waals surface area contributed by atoms with Gasteiger partial charge in [-0.15, -0.1) is 6.42 Å². The van der Waals surface area contributed by atoms with Gasteiger partial charge in [0.05, 0.1) is 0 Å². The first-order valence-electron chi connectivity index (χ1n) is 5.84. The maximum Gasteiger partial charge on any atom is 0.319 e. The predicted molar refractivity (Wildman–Crippen MR) is 72.8 cm³/mol. The van der Waals surface area contributed by atoms with Gasteiger partial charge in [-0.2, -0.15) is 0 Å².